The smallest absolute Gasteiger partial charge is 0.138 e. The highest BCUT2D eigenvalue weighted by Crippen LogP contribution is 2.34. The van der Waals surface area contributed by atoms with Crippen LogP contribution < -0.4 is 19.5 Å². The molecule has 0 fully saturated rings. The number of nitrogens with zero attached hydrogens (tertiary/aromatic N) is 1. The van der Waals surface area contributed by atoms with E-state index in [4.69, 9.17) is 23.4 Å². The molecule has 0 aliphatic heterocycles. The average molecular weight is 477 g/mol. The molecular formula is C28H32N2O5. The maximum absolute atomic E-state index is 6.11. The SMILES string of the molecule is COc1cc(COCc2oc3cccc(OCCCNCc4cccnc4)c3c2C)cc(OC)c1. The van der Waals surface area contributed by atoms with Gasteiger partial charge in [0.05, 0.1) is 32.8 Å². The van der Waals surface area contributed by atoms with E-state index in [1.54, 1.807) is 20.4 Å². The molecule has 0 saturated carbocycles. The first-order valence-corrected chi connectivity index (χ1v) is 11.7. The monoisotopic (exact) mass is 476 g/mol. The van der Waals surface area contributed by atoms with Gasteiger partial charge in [0.25, 0.3) is 0 Å². The van der Waals surface area contributed by atoms with Gasteiger partial charge in [-0.1, -0.05) is 12.1 Å². The van der Waals surface area contributed by atoms with E-state index in [0.717, 1.165) is 64.6 Å². The van der Waals surface area contributed by atoms with Crippen LogP contribution in [0.5, 0.6) is 17.2 Å². The van der Waals surface area contributed by atoms with Crippen molar-refractivity contribution < 1.29 is 23.4 Å². The molecule has 0 aliphatic rings. The summed E-state index contributed by atoms with van der Waals surface area (Å²) in [5.74, 6) is 3.10. The van der Waals surface area contributed by atoms with Gasteiger partial charge in [0.2, 0.25) is 0 Å². The van der Waals surface area contributed by atoms with Crippen LogP contribution in [-0.2, 0) is 24.5 Å². The van der Waals surface area contributed by atoms with Crippen LogP contribution in [0.1, 0.15) is 28.9 Å². The van der Waals surface area contributed by atoms with Crippen LogP contribution in [0.4, 0.5) is 0 Å². The zero-order chi connectivity index (χ0) is 24.5. The summed E-state index contributed by atoms with van der Waals surface area (Å²) < 4.78 is 28.8. The van der Waals surface area contributed by atoms with Crippen molar-refractivity contribution in [1.82, 2.24) is 10.3 Å². The molecule has 1 N–H and O–H groups in total. The highest BCUT2D eigenvalue weighted by atomic mass is 16.5. The first-order chi connectivity index (χ1) is 17.2. The second-order valence-electron chi connectivity index (χ2n) is 8.23. The Kier molecular flexibility index (Phi) is 8.59. The molecule has 35 heavy (non-hydrogen) atoms. The fraction of sp³-hybridized carbons (Fsp3) is 0.321. The highest BCUT2D eigenvalue weighted by molar-refractivity contribution is 5.88. The van der Waals surface area contributed by atoms with E-state index >= 15 is 0 Å². The Bertz CT molecular complexity index is 1200. The summed E-state index contributed by atoms with van der Waals surface area (Å²) in [7, 11) is 3.27. The quantitative estimate of drug-likeness (QED) is 0.258. The Morgan fingerprint density at radius 1 is 0.943 bits per heavy atom. The first-order valence-electron chi connectivity index (χ1n) is 11.7. The Balaban J connectivity index is 1.31. The number of aromatic nitrogens is 1. The van der Waals surface area contributed by atoms with Crippen molar-refractivity contribution in [2.75, 3.05) is 27.4 Å². The van der Waals surface area contributed by atoms with E-state index in [9.17, 15) is 0 Å². The lowest BCUT2D eigenvalue weighted by atomic mass is 10.1. The lowest BCUT2D eigenvalue weighted by Gasteiger charge is -2.09. The molecule has 0 amide bonds. The second kappa shape index (κ2) is 12.2. The number of hydrogen-bond donors (Lipinski definition) is 1. The Morgan fingerprint density at radius 3 is 2.51 bits per heavy atom. The number of pyridine rings is 1. The van der Waals surface area contributed by atoms with E-state index in [2.05, 4.69) is 16.4 Å². The van der Waals surface area contributed by atoms with Crippen LogP contribution in [0, 0.1) is 6.92 Å². The van der Waals surface area contributed by atoms with Gasteiger partial charge in [-0.2, -0.15) is 0 Å². The van der Waals surface area contributed by atoms with Crippen molar-refractivity contribution in [2.45, 2.75) is 33.1 Å². The van der Waals surface area contributed by atoms with Gasteiger partial charge in [-0.3, -0.25) is 4.98 Å². The van der Waals surface area contributed by atoms with Gasteiger partial charge in [0, 0.05) is 30.6 Å². The summed E-state index contributed by atoms with van der Waals surface area (Å²) >= 11 is 0. The molecule has 2 aromatic heterocycles. The minimum atomic E-state index is 0.359. The third-order valence-corrected chi connectivity index (χ3v) is 5.73. The summed E-state index contributed by atoms with van der Waals surface area (Å²) in [4.78, 5) is 4.13. The van der Waals surface area contributed by atoms with Crippen LogP contribution in [0.2, 0.25) is 0 Å². The number of furan rings is 1. The first kappa shape index (κ1) is 24.6. The summed E-state index contributed by atoms with van der Waals surface area (Å²) in [5, 5.41) is 4.42. The molecule has 7 heteroatoms. The van der Waals surface area contributed by atoms with Gasteiger partial charge in [-0.15, -0.1) is 0 Å². The molecule has 0 radical (unpaired) electrons. The maximum Gasteiger partial charge on any atom is 0.138 e. The van der Waals surface area contributed by atoms with Crippen molar-refractivity contribution in [2.24, 2.45) is 0 Å². The predicted octanol–water partition coefficient (Wildman–Crippen LogP) is 5.43. The molecule has 2 aromatic carbocycles. The van der Waals surface area contributed by atoms with Crippen LogP contribution in [-0.4, -0.2) is 32.4 Å². The predicted molar refractivity (Wildman–Crippen MR) is 135 cm³/mol. The standard InChI is InChI=1S/C28H32N2O5/c1-20-27(19-33-18-22-13-23(31-2)15-24(14-22)32-3)35-26-9-4-8-25(28(20)26)34-12-6-11-30-17-21-7-5-10-29-16-21/h4-5,7-10,13-16,30H,6,11-12,17-19H2,1-3H3. The molecule has 0 bridgehead atoms. The fourth-order valence-corrected chi connectivity index (χ4v) is 3.90. The van der Waals surface area contributed by atoms with Gasteiger partial charge < -0.3 is 28.7 Å². The Hall–Kier alpha value is -3.55. The number of rotatable bonds is 13. The number of methoxy groups -OCH3 is 2. The molecular weight excluding hydrogens is 444 g/mol. The molecule has 0 spiro atoms. The summed E-state index contributed by atoms with van der Waals surface area (Å²) in [5.41, 5.74) is 3.98. The minimum absolute atomic E-state index is 0.359. The van der Waals surface area contributed by atoms with Crippen LogP contribution >= 0.6 is 0 Å². The number of fused-ring (bicyclic) bond motifs is 1. The lowest BCUT2D eigenvalue weighted by molar-refractivity contribution is 0.0933. The van der Waals surface area contributed by atoms with Crippen LogP contribution in [0.3, 0.4) is 0 Å². The van der Waals surface area contributed by atoms with Crippen molar-refractivity contribution in [3.8, 4) is 17.2 Å². The van der Waals surface area contributed by atoms with E-state index in [1.165, 1.54) is 5.56 Å². The number of nitrogens with one attached hydrogen (secondary N) is 1. The second-order valence-corrected chi connectivity index (χ2v) is 8.23. The largest absolute Gasteiger partial charge is 0.497 e. The Labute approximate surface area is 206 Å². The molecule has 184 valence electrons. The number of hydrogen-bond acceptors (Lipinski definition) is 7. The molecule has 0 atom stereocenters. The summed E-state index contributed by atoms with van der Waals surface area (Å²) in [6.45, 7) is 5.10. The van der Waals surface area contributed by atoms with E-state index in [1.807, 2.05) is 55.6 Å². The summed E-state index contributed by atoms with van der Waals surface area (Å²) in [6, 6.07) is 15.6. The van der Waals surface area contributed by atoms with E-state index in [-0.39, 0.29) is 0 Å². The number of benzene rings is 2. The zero-order valence-electron chi connectivity index (χ0n) is 20.5. The Morgan fingerprint density at radius 2 is 1.77 bits per heavy atom. The topological polar surface area (TPSA) is 75.0 Å². The molecule has 2 heterocycles. The third-order valence-electron chi connectivity index (χ3n) is 5.73. The number of aryl methyl sites for hydroxylation is 1. The zero-order valence-corrected chi connectivity index (χ0v) is 20.5. The lowest BCUT2D eigenvalue weighted by Crippen LogP contribution is -2.17. The van der Waals surface area contributed by atoms with Gasteiger partial charge >= 0.3 is 0 Å². The molecule has 4 rings (SSSR count). The van der Waals surface area contributed by atoms with Crippen molar-refractivity contribution in [1.29, 1.82) is 0 Å². The van der Waals surface area contributed by atoms with Crippen molar-refractivity contribution in [3.63, 3.8) is 0 Å². The molecule has 0 saturated heterocycles. The number of ether oxygens (including phenoxy) is 4. The minimum Gasteiger partial charge on any atom is -0.497 e. The third kappa shape index (κ3) is 6.53. The molecule has 7 nitrogen and oxygen atoms in total. The van der Waals surface area contributed by atoms with Crippen molar-refractivity contribution in [3.05, 3.63) is 83.4 Å². The van der Waals surface area contributed by atoms with Gasteiger partial charge in [-0.25, -0.2) is 0 Å². The molecule has 0 unspecified atom stereocenters. The van der Waals surface area contributed by atoms with Crippen molar-refractivity contribution >= 4 is 11.0 Å². The maximum atomic E-state index is 6.11. The van der Waals surface area contributed by atoms with Gasteiger partial charge in [-0.05, 0) is 61.3 Å². The van der Waals surface area contributed by atoms with Gasteiger partial charge in [0.1, 0.15) is 35.2 Å². The highest BCUT2D eigenvalue weighted by Gasteiger charge is 2.15. The fourth-order valence-electron chi connectivity index (χ4n) is 3.90. The normalized spacial score (nSPS) is 11.1. The van der Waals surface area contributed by atoms with E-state index < -0.39 is 0 Å². The van der Waals surface area contributed by atoms with Gasteiger partial charge in [0.15, 0.2) is 0 Å². The average Bonchev–Trinajstić information content (AvgIpc) is 3.22. The van der Waals surface area contributed by atoms with Crippen LogP contribution in [0.25, 0.3) is 11.0 Å². The summed E-state index contributed by atoms with van der Waals surface area (Å²) in [6.07, 6.45) is 4.56. The molecule has 4 aromatic rings. The van der Waals surface area contributed by atoms with Crippen LogP contribution in [0.15, 0.2) is 65.3 Å². The van der Waals surface area contributed by atoms with E-state index in [0.29, 0.717) is 19.8 Å². The molecule has 0 aliphatic carbocycles.